The van der Waals surface area contributed by atoms with Crippen LogP contribution in [0.5, 0.6) is 0 Å². The molecule has 0 unspecified atom stereocenters. The monoisotopic (exact) mass is 301 g/mol. The maximum Gasteiger partial charge on any atom is 0.411 e. The molecule has 1 aromatic carbocycles. The Labute approximate surface area is 123 Å². The van der Waals surface area contributed by atoms with E-state index in [1.54, 1.807) is 18.2 Å². The highest BCUT2D eigenvalue weighted by molar-refractivity contribution is 6.43. The van der Waals surface area contributed by atoms with Crippen LogP contribution in [-0.4, -0.2) is 12.2 Å². The molecule has 0 saturated heterocycles. The number of rotatable bonds is 2. The highest BCUT2D eigenvalue weighted by Crippen LogP contribution is 2.30. The molecule has 1 aliphatic rings. The van der Waals surface area contributed by atoms with Gasteiger partial charge < -0.3 is 4.74 Å². The summed E-state index contributed by atoms with van der Waals surface area (Å²) in [5.74, 6) is 0.411. The van der Waals surface area contributed by atoms with Gasteiger partial charge in [-0.15, -0.1) is 0 Å². The van der Waals surface area contributed by atoms with Crippen molar-refractivity contribution in [3.05, 3.63) is 28.2 Å². The molecule has 5 heteroatoms. The molecule has 2 rings (SSSR count). The van der Waals surface area contributed by atoms with Gasteiger partial charge in [0.25, 0.3) is 0 Å². The average molecular weight is 302 g/mol. The van der Waals surface area contributed by atoms with Crippen molar-refractivity contribution in [1.82, 2.24) is 0 Å². The predicted molar refractivity (Wildman–Crippen MR) is 78.0 cm³/mol. The molecule has 0 aliphatic heterocycles. The van der Waals surface area contributed by atoms with Crippen LogP contribution in [0, 0.1) is 5.92 Å². The Morgan fingerprint density at radius 3 is 2.79 bits per heavy atom. The number of hydrogen-bond acceptors (Lipinski definition) is 2. The molecule has 1 saturated carbocycles. The molecule has 1 amide bonds. The first kappa shape index (κ1) is 14.5. The fourth-order valence-corrected chi connectivity index (χ4v) is 2.68. The van der Waals surface area contributed by atoms with Gasteiger partial charge in [0.15, 0.2) is 0 Å². The van der Waals surface area contributed by atoms with E-state index in [1.807, 2.05) is 0 Å². The molecule has 0 heterocycles. The van der Waals surface area contributed by atoms with Gasteiger partial charge in [-0.05, 0) is 37.3 Å². The second kappa shape index (κ2) is 6.49. The zero-order chi connectivity index (χ0) is 13.8. The smallest absolute Gasteiger partial charge is 0.411 e. The van der Waals surface area contributed by atoms with Crippen LogP contribution in [0.25, 0.3) is 0 Å². The quantitative estimate of drug-likeness (QED) is 0.823. The molecule has 0 aromatic heterocycles. The lowest BCUT2D eigenvalue weighted by Gasteiger charge is -2.28. The lowest BCUT2D eigenvalue weighted by atomic mass is 9.88. The van der Waals surface area contributed by atoms with E-state index in [0.717, 1.165) is 19.3 Å². The molecule has 1 aromatic rings. The summed E-state index contributed by atoms with van der Waals surface area (Å²) in [6.45, 7) is 2.11. The van der Waals surface area contributed by atoms with E-state index >= 15 is 0 Å². The van der Waals surface area contributed by atoms with Crippen molar-refractivity contribution < 1.29 is 9.53 Å². The molecule has 1 aliphatic carbocycles. The molecule has 104 valence electrons. The van der Waals surface area contributed by atoms with Crippen molar-refractivity contribution in [3.63, 3.8) is 0 Å². The van der Waals surface area contributed by atoms with E-state index in [-0.39, 0.29) is 6.10 Å². The first-order chi connectivity index (χ1) is 9.08. The predicted octanol–water partition coefficient (Wildman–Crippen LogP) is 5.12. The summed E-state index contributed by atoms with van der Waals surface area (Å²) in [5, 5.41) is 3.38. The number of amides is 1. The third-order valence-corrected chi connectivity index (χ3v) is 4.30. The van der Waals surface area contributed by atoms with Crippen molar-refractivity contribution in [2.24, 2.45) is 5.92 Å². The molecule has 3 nitrogen and oxygen atoms in total. The van der Waals surface area contributed by atoms with Gasteiger partial charge in [-0.3, -0.25) is 5.32 Å². The van der Waals surface area contributed by atoms with Crippen molar-refractivity contribution in [3.8, 4) is 0 Å². The van der Waals surface area contributed by atoms with Crippen LogP contribution < -0.4 is 5.32 Å². The summed E-state index contributed by atoms with van der Waals surface area (Å²) in [5.41, 5.74) is 0.475. The fraction of sp³-hybridized carbons (Fsp3) is 0.500. The summed E-state index contributed by atoms with van der Waals surface area (Å²) < 4.78 is 5.45. The van der Waals surface area contributed by atoms with Crippen molar-refractivity contribution >= 4 is 35.0 Å². The number of anilines is 1. The van der Waals surface area contributed by atoms with Gasteiger partial charge in [0, 0.05) is 0 Å². The summed E-state index contributed by atoms with van der Waals surface area (Å²) >= 11 is 11.9. The maximum absolute atomic E-state index is 11.9. The number of halogens is 2. The van der Waals surface area contributed by atoms with Crippen LogP contribution in [-0.2, 0) is 4.74 Å². The normalized spacial score (nSPS) is 22.9. The van der Waals surface area contributed by atoms with Gasteiger partial charge in [-0.1, -0.05) is 42.6 Å². The van der Waals surface area contributed by atoms with Crippen LogP contribution in [0.3, 0.4) is 0 Å². The number of ether oxygens (including phenoxy) is 1. The lowest BCUT2D eigenvalue weighted by Crippen LogP contribution is -2.30. The molecule has 2 atom stereocenters. The van der Waals surface area contributed by atoms with Gasteiger partial charge in [-0.25, -0.2) is 4.79 Å². The minimum atomic E-state index is -0.470. The van der Waals surface area contributed by atoms with E-state index in [1.165, 1.54) is 6.42 Å². The van der Waals surface area contributed by atoms with Gasteiger partial charge in [-0.2, -0.15) is 0 Å². The van der Waals surface area contributed by atoms with Gasteiger partial charge in [0.2, 0.25) is 0 Å². The number of nitrogens with one attached hydrogen (secondary N) is 1. The molecule has 0 bridgehead atoms. The fourth-order valence-electron chi connectivity index (χ4n) is 2.33. The van der Waals surface area contributed by atoms with Crippen LogP contribution in [0.1, 0.15) is 32.6 Å². The number of carbonyl (C=O) groups is 1. The molecule has 1 N–H and O–H groups in total. The largest absolute Gasteiger partial charge is 0.446 e. The van der Waals surface area contributed by atoms with E-state index in [4.69, 9.17) is 27.9 Å². The first-order valence-corrected chi connectivity index (χ1v) is 7.25. The minimum absolute atomic E-state index is 0.00768. The summed E-state index contributed by atoms with van der Waals surface area (Å²) in [7, 11) is 0. The highest BCUT2D eigenvalue weighted by atomic mass is 35.5. The van der Waals surface area contributed by atoms with E-state index < -0.39 is 6.09 Å². The van der Waals surface area contributed by atoms with Crippen LogP contribution in [0.2, 0.25) is 10.0 Å². The van der Waals surface area contributed by atoms with Gasteiger partial charge in [0.05, 0.1) is 15.7 Å². The van der Waals surface area contributed by atoms with Gasteiger partial charge in [0.1, 0.15) is 6.10 Å². The summed E-state index contributed by atoms with van der Waals surface area (Å²) in [4.78, 5) is 11.9. The topological polar surface area (TPSA) is 38.3 Å². The molecule has 0 spiro atoms. The van der Waals surface area contributed by atoms with Crippen LogP contribution in [0.15, 0.2) is 18.2 Å². The minimum Gasteiger partial charge on any atom is -0.446 e. The number of benzene rings is 1. The van der Waals surface area contributed by atoms with Crippen molar-refractivity contribution in [2.45, 2.75) is 38.7 Å². The Morgan fingerprint density at radius 1 is 1.32 bits per heavy atom. The Bertz CT molecular complexity index is 465. The van der Waals surface area contributed by atoms with E-state index in [2.05, 4.69) is 12.2 Å². The third-order valence-electron chi connectivity index (χ3n) is 3.48. The second-order valence-electron chi connectivity index (χ2n) is 4.93. The van der Waals surface area contributed by atoms with Crippen LogP contribution >= 0.6 is 23.2 Å². The third kappa shape index (κ3) is 3.77. The second-order valence-corrected chi connectivity index (χ2v) is 5.72. The van der Waals surface area contributed by atoms with Gasteiger partial charge >= 0.3 is 6.09 Å². The molecule has 0 radical (unpaired) electrons. The Hall–Kier alpha value is -0.930. The van der Waals surface area contributed by atoms with Crippen LogP contribution in [0.4, 0.5) is 10.5 Å². The van der Waals surface area contributed by atoms with Crippen molar-refractivity contribution in [1.29, 1.82) is 0 Å². The highest BCUT2D eigenvalue weighted by Gasteiger charge is 2.25. The first-order valence-electron chi connectivity index (χ1n) is 6.49. The summed E-state index contributed by atoms with van der Waals surface area (Å²) in [6.07, 6.45) is 3.88. The average Bonchev–Trinajstić information content (AvgIpc) is 2.38. The molecular formula is C14H17Cl2NO2. The zero-order valence-corrected chi connectivity index (χ0v) is 12.3. The zero-order valence-electron chi connectivity index (χ0n) is 10.8. The molecular weight excluding hydrogens is 285 g/mol. The van der Waals surface area contributed by atoms with E-state index in [9.17, 15) is 4.79 Å². The van der Waals surface area contributed by atoms with E-state index in [0.29, 0.717) is 21.7 Å². The van der Waals surface area contributed by atoms with Crippen molar-refractivity contribution in [2.75, 3.05) is 5.32 Å². The SMILES string of the molecule is C[C@H]1CCCC[C@H]1OC(=O)Nc1cccc(Cl)c1Cl. The Kier molecular flexibility index (Phi) is 4.94. The maximum atomic E-state index is 11.9. The Morgan fingerprint density at radius 2 is 2.05 bits per heavy atom. The summed E-state index contributed by atoms with van der Waals surface area (Å²) in [6, 6.07) is 5.09. The lowest BCUT2D eigenvalue weighted by molar-refractivity contribution is 0.0524. The molecule has 1 fully saturated rings. The number of hydrogen-bond donors (Lipinski definition) is 1. The standard InChI is InChI=1S/C14H17Cl2NO2/c1-9-5-2-3-8-12(9)19-14(18)17-11-7-4-6-10(15)13(11)16/h4,6-7,9,12H,2-3,5,8H2,1H3,(H,17,18)/t9-,12+/m0/s1. The number of carbonyl (C=O) groups excluding carboxylic acids is 1. The molecule has 19 heavy (non-hydrogen) atoms. The Balaban J connectivity index is 1.95.